The second kappa shape index (κ2) is 8.25. The van der Waals surface area contributed by atoms with Crippen LogP contribution in [0.5, 0.6) is 0 Å². The molecule has 1 aliphatic rings. The molecule has 0 saturated heterocycles. The van der Waals surface area contributed by atoms with Gasteiger partial charge in [-0.1, -0.05) is 66.7 Å². The number of nitrogens with zero attached hydrogens (tertiary/aromatic N) is 1. The fourth-order valence-corrected chi connectivity index (χ4v) is 6.08. The highest BCUT2D eigenvalue weighted by Gasteiger charge is 2.20. The van der Waals surface area contributed by atoms with E-state index in [9.17, 15) is 8.42 Å². The minimum atomic E-state index is -3.55. The summed E-state index contributed by atoms with van der Waals surface area (Å²) in [6.07, 6.45) is 0. The maximum Gasteiger partial charge on any atom is 0.206 e. The van der Waals surface area contributed by atoms with Crippen LogP contribution in [0.2, 0.25) is 0 Å². The third-order valence-electron chi connectivity index (χ3n) is 5.46. The van der Waals surface area contributed by atoms with Crippen molar-refractivity contribution in [2.24, 2.45) is 0 Å². The summed E-state index contributed by atoms with van der Waals surface area (Å²) in [6, 6.07) is 32.7. The van der Waals surface area contributed by atoms with E-state index >= 15 is 0 Å². The molecule has 0 aromatic heterocycles. The molecule has 4 aromatic rings. The molecule has 0 fully saturated rings. The van der Waals surface area contributed by atoms with Gasteiger partial charge in [-0.25, -0.2) is 8.42 Å². The van der Waals surface area contributed by atoms with Crippen LogP contribution in [-0.4, -0.2) is 14.3 Å². The zero-order valence-corrected chi connectivity index (χ0v) is 18.4. The van der Waals surface area contributed by atoms with E-state index in [-0.39, 0.29) is 0 Å². The Hall–Kier alpha value is -3.02. The molecule has 5 heteroatoms. The first-order valence-electron chi connectivity index (χ1n) is 10.1. The lowest BCUT2D eigenvalue weighted by atomic mass is 10.1. The van der Waals surface area contributed by atoms with Crippen molar-refractivity contribution in [2.75, 3.05) is 10.8 Å². The molecule has 0 saturated carbocycles. The van der Waals surface area contributed by atoms with Crippen molar-refractivity contribution in [3.63, 3.8) is 0 Å². The van der Waals surface area contributed by atoms with Crippen molar-refractivity contribution in [3.05, 3.63) is 109 Å². The Labute approximate surface area is 187 Å². The van der Waals surface area contributed by atoms with Crippen molar-refractivity contribution in [2.45, 2.75) is 21.2 Å². The Morgan fingerprint density at radius 1 is 0.677 bits per heavy atom. The molecule has 3 nitrogen and oxygen atoms in total. The number of thioether (sulfide) groups is 1. The van der Waals surface area contributed by atoms with E-state index in [1.54, 1.807) is 24.3 Å². The van der Waals surface area contributed by atoms with Crippen LogP contribution >= 0.6 is 11.8 Å². The SMILES string of the molecule is O=S(=O)(c1ccc(CN2CSc3ccccc32)cc1)c1ccc(-c2ccccc2)cc1. The minimum absolute atomic E-state index is 0.310. The summed E-state index contributed by atoms with van der Waals surface area (Å²) in [4.78, 5) is 4.23. The average molecular weight is 444 g/mol. The van der Waals surface area contributed by atoms with Crippen LogP contribution in [0.4, 0.5) is 5.69 Å². The van der Waals surface area contributed by atoms with E-state index in [0.717, 1.165) is 29.1 Å². The molecule has 5 rings (SSSR count). The summed E-state index contributed by atoms with van der Waals surface area (Å²) >= 11 is 1.83. The second-order valence-corrected chi connectivity index (χ2v) is 10.4. The van der Waals surface area contributed by atoms with Crippen LogP contribution in [-0.2, 0) is 16.4 Å². The van der Waals surface area contributed by atoms with Crippen molar-refractivity contribution >= 4 is 27.3 Å². The van der Waals surface area contributed by atoms with Crippen LogP contribution in [0.15, 0.2) is 118 Å². The van der Waals surface area contributed by atoms with Crippen LogP contribution in [0.25, 0.3) is 11.1 Å². The lowest BCUT2D eigenvalue weighted by Gasteiger charge is -2.18. The third kappa shape index (κ3) is 3.99. The van der Waals surface area contributed by atoms with E-state index in [1.165, 1.54) is 10.6 Å². The highest BCUT2D eigenvalue weighted by atomic mass is 32.2. The maximum atomic E-state index is 13.1. The van der Waals surface area contributed by atoms with Gasteiger partial charge in [0.1, 0.15) is 0 Å². The molecule has 0 amide bonds. The van der Waals surface area contributed by atoms with Crippen molar-refractivity contribution in [1.29, 1.82) is 0 Å². The van der Waals surface area contributed by atoms with Crippen molar-refractivity contribution in [3.8, 4) is 11.1 Å². The molecule has 31 heavy (non-hydrogen) atoms. The molecular formula is C26H21NO2S2. The molecule has 0 spiro atoms. The average Bonchev–Trinajstić information content (AvgIpc) is 3.23. The van der Waals surface area contributed by atoms with Crippen molar-refractivity contribution < 1.29 is 8.42 Å². The predicted octanol–water partition coefficient (Wildman–Crippen LogP) is 6.26. The molecule has 154 valence electrons. The number of benzene rings is 4. The number of para-hydroxylation sites is 1. The first kappa shape index (κ1) is 19.9. The smallest absolute Gasteiger partial charge is 0.206 e. The second-order valence-electron chi connectivity index (χ2n) is 7.48. The number of anilines is 1. The molecule has 0 unspecified atom stereocenters. The van der Waals surface area contributed by atoms with E-state index in [4.69, 9.17) is 0 Å². The van der Waals surface area contributed by atoms with Gasteiger partial charge < -0.3 is 4.90 Å². The zero-order valence-electron chi connectivity index (χ0n) is 16.8. The molecule has 1 aliphatic heterocycles. The summed E-state index contributed by atoms with van der Waals surface area (Å²) < 4.78 is 26.2. The fraction of sp³-hybridized carbons (Fsp3) is 0.0769. The Kier molecular flexibility index (Phi) is 5.30. The summed E-state index contributed by atoms with van der Waals surface area (Å²) in [5.74, 6) is 0.910. The van der Waals surface area contributed by atoms with Gasteiger partial charge in [-0.15, -0.1) is 11.8 Å². The van der Waals surface area contributed by atoms with Gasteiger partial charge in [0.2, 0.25) is 9.84 Å². The minimum Gasteiger partial charge on any atom is -0.357 e. The molecule has 0 radical (unpaired) electrons. The first-order chi connectivity index (χ1) is 15.1. The van der Waals surface area contributed by atoms with Gasteiger partial charge in [-0.2, -0.15) is 0 Å². The zero-order chi connectivity index (χ0) is 21.3. The molecule has 0 atom stereocenters. The number of hydrogen-bond donors (Lipinski definition) is 0. The van der Waals surface area contributed by atoms with Gasteiger partial charge in [0.05, 0.1) is 21.4 Å². The molecular weight excluding hydrogens is 422 g/mol. The molecule has 0 aliphatic carbocycles. The van der Waals surface area contributed by atoms with Crippen molar-refractivity contribution in [1.82, 2.24) is 0 Å². The molecule has 1 heterocycles. The van der Waals surface area contributed by atoms with Crippen LogP contribution < -0.4 is 4.90 Å². The van der Waals surface area contributed by atoms with Gasteiger partial charge in [0.15, 0.2) is 0 Å². The summed E-state index contributed by atoms with van der Waals surface area (Å²) in [5.41, 5.74) is 4.40. The molecule has 0 bridgehead atoms. The van der Waals surface area contributed by atoms with Gasteiger partial charge in [-0.05, 0) is 53.1 Å². The highest BCUT2D eigenvalue weighted by Crippen LogP contribution is 2.38. The number of sulfone groups is 1. The van der Waals surface area contributed by atoms with Gasteiger partial charge >= 0.3 is 0 Å². The maximum absolute atomic E-state index is 13.1. The summed E-state index contributed by atoms with van der Waals surface area (Å²) in [7, 11) is -3.55. The first-order valence-corrected chi connectivity index (χ1v) is 12.5. The third-order valence-corrected chi connectivity index (χ3v) is 8.34. The standard InChI is InChI=1S/C26H21NO2S2/c28-31(29,24-16-12-22(13-17-24)21-6-2-1-3-7-21)23-14-10-20(11-15-23)18-27-19-30-26-9-5-4-8-25(26)27/h1-17H,18-19H2. The van der Waals surface area contributed by atoms with Gasteiger partial charge in [0.25, 0.3) is 0 Å². The summed E-state index contributed by atoms with van der Waals surface area (Å²) in [6.45, 7) is 0.760. The lowest BCUT2D eigenvalue weighted by molar-refractivity contribution is 0.596. The van der Waals surface area contributed by atoms with Crippen LogP contribution in [0, 0.1) is 0 Å². The quantitative estimate of drug-likeness (QED) is 0.365. The Bertz CT molecular complexity index is 1300. The largest absolute Gasteiger partial charge is 0.357 e. The van der Waals surface area contributed by atoms with E-state index in [2.05, 4.69) is 29.2 Å². The number of hydrogen-bond acceptors (Lipinski definition) is 4. The highest BCUT2D eigenvalue weighted by molar-refractivity contribution is 7.99. The number of fused-ring (bicyclic) bond motifs is 1. The number of rotatable bonds is 5. The Morgan fingerprint density at radius 3 is 1.97 bits per heavy atom. The monoisotopic (exact) mass is 443 g/mol. The van der Waals surface area contributed by atoms with Crippen LogP contribution in [0.1, 0.15) is 5.56 Å². The lowest BCUT2D eigenvalue weighted by Crippen LogP contribution is -2.18. The van der Waals surface area contributed by atoms with E-state index in [1.807, 2.05) is 66.4 Å². The van der Waals surface area contributed by atoms with E-state index in [0.29, 0.717) is 9.79 Å². The fourth-order valence-electron chi connectivity index (χ4n) is 3.78. The summed E-state index contributed by atoms with van der Waals surface area (Å²) in [5, 5.41) is 0. The van der Waals surface area contributed by atoms with Crippen LogP contribution in [0.3, 0.4) is 0 Å². The molecule has 0 N–H and O–H groups in total. The normalized spacial score (nSPS) is 13.2. The Morgan fingerprint density at radius 2 is 1.26 bits per heavy atom. The Balaban J connectivity index is 1.34. The topological polar surface area (TPSA) is 37.4 Å². The predicted molar refractivity (Wildman–Crippen MR) is 127 cm³/mol. The molecule has 4 aromatic carbocycles. The van der Waals surface area contributed by atoms with Gasteiger partial charge in [0, 0.05) is 11.4 Å². The van der Waals surface area contributed by atoms with E-state index < -0.39 is 9.84 Å². The van der Waals surface area contributed by atoms with Gasteiger partial charge in [-0.3, -0.25) is 0 Å².